The second kappa shape index (κ2) is 7.14. The number of benzene rings is 2. The van der Waals surface area contributed by atoms with Crippen LogP contribution in [0.1, 0.15) is 37.5 Å². The average molecular weight is 354 g/mol. The maximum atomic E-state index is 12.2. The number of nitro benzene ring substituents is 1. The molecule has 0 radical (unpaired) electrons. The Hall–Kier alpha value is -3.55. The Labute approximate surface area is 148 Å². The molecule has 2 amide bonds. The van der Waals surface area contributed by atoms with Gasteiger partial charge in [-0.25, -0.2) is 4.79 Å². The van der Waals surface area contributed by atoms with Crippen molar-refractivity contribution >= 4 is 23.5 Å². The molecular weight excluding hydrogens is 340 g/mol. The normalized spacial score (nSPS) is 12.8. The van der Waals surface area contributed by atoms with Gasteiger partial charge in [-0.15, -0.1) is 0 Å². The highest BCUT2D eigenvalue weighted by molar-refractivity contribution is 6.21. The van der Waals surface area contributed by atoms with Gasteiger partial charge in [-0.1, -0.05) is 18.2 Å². The number of nitro groups is 1. The van der Waals surface area contributed by atoms with Gasteiger partial charge in [-0.3, -0.25) is 24.6 Å². The third-order valence-electron chi connectivity index (χ3n) is 3.93. The number of hydrogen-bond donors (Lipinski definition) is 0. The molecule has 1 aliphatic heterocycles. The number of carbonyl (C=O) groups excluding carboxylic acids is 3. The van der Waals surface area contributed by atoms with E-state index in [2.05, 4.69) is 0 Å². The standard InChI is InChI=1S/C18H14N2O6/c21-16-14-7-1-2-8-15(14)17(22)19(16)9-4-10-26-18(23)12-5-3-6-13(11-12)20(24)25/h1-3,5-8,11H,4,9-10H2. The zero-order valence-electron chi connectivity index (χ0n) is 13.6. The van der Waals surface area contributed by atoms with E-state index in [1.165, 1.54) is 18.2 Å². The second-order valence-corrected chi connectivity index (χ2v) is 5.60. The largest absolute Gasteiger partial charge is 0.462 e. The molecule has 0 saturated carbocycles. The van der Waals surface area contributed by atoms with E-state index in [4.69, 9.17) is 4.74 Å². The van der Waals surface area contributed by atoms with Crippen molar-refractivity contribution in [1.82, 2.24) is 4.90 Å². The summed E-state index contributed by atoms with van der Waals surface area (Å²) in [5, 5.41) is 10.7. The van der Waals surface area contributed by atoms with Gasteiger partial charge in [-0.2, -0.15) is 0 Å². The van der Waals surface area contributed by atoms with E-state index in [9.17, 15) is 24.5 Å². The fourth-order valence-electron chi connectivity index (χ4n) is 2.66. The molecule has 26 heavy (non-hydrogen) atoms. The van der Waals surface area contributed by atoms with E-state index in [-0.39, 0.29) is 42.6 Å². The molecule has 3 rings (SSSR count). The molecule has 8 heteroatoms. The topological polar surface area (TPSA) is 107 Å². The zero-order valence-corrected chi connectivity index (χ0v) is 13.6. The molecular formula is C18H14N2O6. The van der Waals surface area contributed by atoms with E-state index in [0.717, 1.165) is 11.0 Å². The summed E-state index contributed by atoms with van der Waals surface area (Å²) in [5.41, 5.74) is 0.600. The smallest absolute Gasteiger partial charge is 0.338 e. The number of hydrogen-bond acceptors (Lipinski definition) is 6. The van der Waals surface area contributed by atoms with Crippen molar-refractivity contribution in [3.05, 3.63) is 75.3 Å². The fourth-order valence-corrected chi connectivity index (χ4v) is 2.66. The maximum absolute atomic E-state index is 12.2. The predicted molar refractivity (Wildman–Crippen MR) is 89.8 cm³/mol. The van der Waals surface area contributed by atoms with Crippen molar-refractivity contribution in [3.8, 4) is 0 Å². The summed E-state index contributed by atoms with van der Waals surface area (Å²) >= 11 is 0. The summed E-state index contributed by atoms with van der Waals surface area (Å²) in [5.74, 6) is -1.43. The van der Waals surface area contributed by atoms with Crippen LogP contribution in [-0.2, 0) is 4.74 Å². The number of non-ortho nitro benzene ring substituents is 1. The molecule has 0 spiro atoms. The molecule has 2 aromatic rings. The Kier molecular flexibility index (Phi) is 4.74. The Morgan fingerprint density at radius 1 is 1.04 bits per heavy atom. The molecule has 8 nitrogen and oxygen atoms in total. The van der Waals surface area contributed by atoms with Crippen molar-refractivity contribution < 1.29 is 24.0 Å². The number of ether oxygens (including phenoxy) is 1. The van der Waals surface area contributed by atoms with E-state index < -0.39 is 10.9 Å². The number of fused-ring (bicyclic) bond motifs is 1. The molecule has 132 valence electrons. The van der Waals surface area contributed by atoms with Gasteiger partial charge in [0.15, 0.2) is 0 Å². The number of nitrogens with zero attached hydrogens (tertiary/aromatic N) is 2. The second-order valence-electron chi connectivity index (χ2n) is 5.60. The van der Waals surface area contributed by atoms with Crippen LogP contribution in [0, 0.1) is 10.1 Å². The van der Waals surface area contributed by atoms with Gasteiger partial charge >= 0.3 is 5.97 Å². The van der Waals surface area contributed by atoms with Gasteiger partial charge in [0.25, 0.3) is 17.5 Å². The van der Waals surface area contributed by atoms with E-state index in [1.54, 1.807) is 24.3 Å². The van der Waals surface area contributed by atoms with Crippen molar-refractivity contribution in [3.63, 3.8) is 0 Å². The minimum atomic E-state index is -0.698. The average Bonchev–Trinajstić information content (AvgIpc) is 2.90. The summed E-state index contributed by atoms with van der Waals surface area (Å²) in [4.78, 5) is 47.6. The molecule has 0 saturated heterocycles. The van der Waals surface area contributed by atoms with Crippen LogP contribution in [0.25, 0.3) is 0 Å². The SMILES string of the molecule is O=C(OCCCN1C(=O)c2ccccc2C1=O)c1cccc([N+](=O)[O-])c1. The van der Waals surface area contributed by atoms with Gasteiger partial charge in [0.1, 0.15) is 0 Å². The number of rotatable bonds is 6. The summed E-state index contributed by atoms with van der Waals surface area (Å²) < 4.78 is 5.06. The Bertz CT molecular complexity index is 873. The van der Waals surface area contributed by atoms with Crippen LogP contribution in [0.15, 0.2) is 48.5 Å². The van der Waals surface area contributed by atoms with Crippen LogP contribution in [0.5, 0.6) is 0 Å². The summed E-state index contributed by atoms with van der Waals surface area (Å²) in [6, 6.07) is 11.8. The van der Waals surface area contributed by atoms with Crippen molar-refractivity contribution in [2.75, 3.05) is 13.2 Å². The molecule has 1 heterocycles. The van der Waals surface area contributed by atoms with E-state index in [1.807, 2.05) is 0 Å². The molecule has 2 aromatic carbocycles. The van der Waals surface area contributed by atoms with E-state index in [0.29, 0.717) is 11.1 Å². The maximum Gasteiger partial charge on any atom is 0.338 e. The van der Waals surface area contributed by atoms with Gasteiger partial charge in [0, 0.05) is 18.7 Å². The highest BCUT2D eigenvalue weighted by atomic mass is 16.6. The number of imide groups is 1. The Morgan fingerprint density at radius 2 is 1.69 bits per heavy atom. The minimum Gasteiger partial charge on any atom is -0.462 e. The van der Waals surface area contributed by atoms with Crippen LogP contribution < -0.4 is 0 Å². The lowest BCUT2D eigenvalue weighted by atomic mass is 10.1. The molecule has 0 aliphatic carbocycles. The van der Waals surface area contributed by atoms with Crippen molar-refractivity contribution in [2.45, 2.75) is 6.42 Å². The predicted octanol–water partition coefficient (Wildman–Crippen LogP) is 2.44. The molecule has 0 unspecified atom stereocenters. The first-order chi connectivity index (χ1) is 12.5. The summed E-state index contributed by atoms with van der Waals surface area (Å²) in [6.45, 7) is 0.101. The molecule has 0 fully saturated rings. The highest BCUT2D eigenvalue weighted by Crippen LogP contribution is 2.22. The molecule has 0 bridgehead atoms. The lowest BCUT2D eigenvalue weighted by molar-refractivity contribution is -0.384. The summed E-state index contributed by atoms with van der Waals surface area (Å²) in [6.07, 6.45) is 0.270. The minimum absolute atomic E-state index is 0.0189. The number of esters is 1. The summed E-state index contributed by atoms with van der Waals surface area (Å²) in [7, 11) is 0. The first kappa shape index (κ1) is 17.3. The van der Waals surface area contributed by atoms with Gasteiger partial charge in [-0.05, 0) is 24.6 Å². The van der Waals surface area contributed by atoms with Crippen LogP contribution in [-0.4, -0.2) is 40.8 Å². The first-order valence-electron chi connectivity index (χ1n) is 7.86. The first-order valence-corrected chi connectivity index (χ1v) is 7.86. The Balaban J connectivity index is 1.53. The van der Waals surface area contributed by atoms with Crippen molar-refractivity contribution in [2.24, 2.45) is 0 Å². The molecule has 0 atom stereocenters. The van der Waals surface area contributed by atoms with Gasteiger partial charge in [0.05, 0.1) is 28.2 Å². The zero-order chi connectivity index (χ0) is 18.7. The van der Waals surface area contributed by atoms with Crippen LogP contribution >= 0.6 is 0 Å². The highest BCUT2D eigenvalue weighted by Gasteiger charge is 2.34. The van der Waals surface area contributed by atoms with E-state index >= 15 is 0 Å². The van der Waals surface area contributed by atoms with Crippen LogP contribution in [0.4, 0.5) is 5.69 Å². The molecule has 0 N–H and O–H groups in total. The van der Waals surface area contributed by atoms with Gasteiger partial charge in [0.2, 0.25) is 0 Å². The fraction of sp³-hybridized carbons (Fsp3) is 0.167. The quantitative estimate of drug-likeness (QED) is 0.259. The lowest BCUT2D eigenvalue weighted by Crippen LogP contribution is -2.31. The third kappa shape index (κ3) is 3.30. The van der Waals surface area contributed by atoms with Crippen molar-refractivity contribution in [1.29, 1.82) is 0 Å². The van der Waals surface area contributed by atoms with Crippen LogP contribution in [0.2, 0.25) is 0 Å². The monoisotopic (exact) mass is 354 g/mol. The third-order valence-corrected chi connectivity index (χ3v) is 3.93. The van der Waals surface area contributed by atoms with Gasteiger partial charge < -0.3 is 4.74 Å². The molecule has 0 aromatic heterocycles. The van der Waals surface area contributed by atoms with Crippen LogP contribution in [0.3, 0.4) is 0 Å². The lowest BCUT2D eigenvalue weighted by Gasteiger charge is -2.13. The molecule has 1 aliphatic rings. The Morgan fingerprint density at radius 3 is 2.31 bits per heavy atom. The number of carbonyl (C=O) groups is 3. The number of amides is 2.